The average molecular weight is 466 g/mol. The van der Waals surface area contributed by atoms with Crippen LogP contribution in [0.2, 0.25) is 0 Å². The van der Waals surface area contributed by atoms with Gasteiger partial charge in [0.2, 0.25) is 0 Å². The smallest absolute Gasteiger partial charge is 0.391 e. The third-order valence-electron chi connectivity index (χ3n) is 4.80. The van der Waals surface area contributed by atoms with Crippen molar-refractivity contribution in [1.29, 1.82) is 0 Å². The minimum Gasteiger partial charge on any atom is -0.472 e. The summed E-state index contributed by atoms with van der Waals surface area (Å²) >= 11 is 0. The molecule has 0 unspecified atom stereocenters. The lowest BCUT2D eigenvalue weighted by Gasteiger charge is -2.17. The summed E-state index contributed by atoms with van der Waals surface area (Å²) in [5.74, 6) is -1.09. The summed E-state index contributed by atoms with van der Waals surface area (Å²) in [5, 5.41) is 5.88. The second kappa shape index (κ2) is 9.55. The summed E-state index contributed by atoms with van der Waals surface area (Å²) in [4.78, 5) is 29.8. The third-order valence-corrected chi connectivity index (χ3v) is 4.80. The first-order valence-corrected chi connectivity index (χ1v) is 10.3. The molecule has 3 heterocycles. The molecule has 0 fully saturated rings. The predicted molar refractivity (Wildman–Crippen MR) is 116 cm³/mol. The Hall–Kier alpha value is -3.50. The largest absolute Gasteiger partial charge is 0.472 e. The molecule has 0 aliphatic carbocycles. The van der Waals surface area contributed by atoms with Crippen LogP contribution in [0.4, 0.5) is 24.5 Å². The monoisotopic (exact) mass is 466 g/mol. The van der Waals surface area contributed by atoms with E-state index in [1.54, 1.807) is 10.6 Å². The van der Waals surface area contributed by atoms with E-state index in [0.717, 1.165) is 0 Å². The fourth-order valence-corrected chi connectivity index (χ4v) is 3.54. The lowest BCUT2D eigenvalue weighted by Crippen LogP contribution is -2.23. The number of alkyl halides is 3. The first-order chi connectivity index (χ1) is 15.5. The van der Waals surface area contributed by atoms with Gasteiger partial charge in [-0.3, -0.25) is 4.79 Å². The van der Waals surface area contributed by atoms with E-state index < -0.39 is 30.5 Å². The number of aromatic nitrogens is 2. The van der Waals surface area contributed by atoms with E-state index in [1.807, 2.05) is 13.8 Å². The number of hydrogen-bond acceptors (Lipinski definition) is 6. The van der Waals surface area contributed by atoms with E-state index in [4.69, 9.17) is 9.15 Å². The van der Waals surface area contributed by atoms with E-state index in [9.17, 15) is 22.8 Å². The number of carbonyl (C=O) groups is 2. The van der Waals surface area contributed by atoms with Gasteiger partial charge in [0, 0.05) is 18.0 Å². The van der Waals surface area contributed by atoms with Crippen molar-refractivity contribution >= 4 is 34.3 Å². The van der Waals surface area contributed by atoms with E-state index in [1.165, 1.54) is 38.8 Å². The molecule has 1 atom stereocenters. The molecule has 3 aromatic rings. The highest BCUT2D eigenvalue weighted by Crippen LogP contribution is 2.34. The fraction of sp³-hybridized carbons (Fsp3) is 0.409. The lowest BCUT2D eigenvalue weighted by atomic mass is 10.2. The number of ether oxygens (including phenoxy) is 1. The molecule has 0 saturated heterocycles. The van der Waals surface area contributed by atoms with Crippen molar-refractivity contribution in [2.45, 2.75) is 46.0 Å². The van der Waals surface area contributed by atoms with Crippen LogP contribution in [0.25, 0.3) is 11.0 Å². The van der Waals surface area contributed by atoms with E-state index in [0.29, 0.717) is 23.3 Å². The van der Waals surface area contributed by atoms with Crippen molar-refractivity contribution in [3.05, 3.63) is 42.1 Å². The minimum atomic E-state index is -4.33. The molecule has 0 bridgehead atoms. The number of hydrogen-bond donors (Lipinski definition) is 2. The van der Waals surface area contributed by atoms with Crippen molar-refractivity contribution in [2.24, 2.45) is 5.92 Å². The zero-order chi connectivity index (χ0) is 24.3. The Balaban J connectivity index is 2.12. The van der Waals surface area contributed by atoms with Crippen molar-refractivity contribution in [2.75, 3.05) is 17.7 Å². The van der Waals surface area contributed by atoms with Crippen LogP contribution in [-0.2, 0) is 11.3 Å². The number of furan rings is 1. The summed E-state index contributed by atoms with van der Waals surface area (Å²) in [6.07, 6.45) is -1.37. The summed E-state index contributed by atoms with van der Waals surface area (Å²) in [5.41, 5.74) is 1.18. The molecule has 0 saturated carbocycles. The second-order valence-corrected chi connectivity index (χ2v) is 8.15. The Bertz CT molecular complexity index is 1140. The molecule has 3 aromatic heterocycles. The SMILES string of the molecule is COC(=O)c1c(NC(=O)c2ccoc2)c2cc(N[C@@H](C)CC(F)(F)F)cnc2n1CC(C)C. The van der Waals surface area contributed by atoms with Gasteiger partial charge in [0.05, 0.1) is 42.9 Å². The average Bonchev–Trinajstić information content (AvgIpc) is 3.33. The molecule has 0 aromatic carbocycles. The van der Waals surface area contributed by atoms with Gasteiger partial charge in [-0.15, -0.1) is 0 Å². The van der Waals surface area contributed by atoms with Crippen LogP contribution in [0.1, 0.15) is 48.0 Å². The quantitative estimate of drug-likeness (QED) is 0.450. The minimum absolute atomic E-state index is 0.0889. The second-order valence-electron chi connectivity index (χ2n) is 8.15. The van der Waals surface area contributed by atoms with Gasteiger partial charge in [0.25, 0.3) is 5.91 Å². The highest BCUT2D eigenvalue weighted by molar-refractivity contribution is 6.14. The number of nitrogens with one attached hydrogen (secondary N) is 2. The molecule has 0 aliphatic rings. The van der Waals surface area contributed by atoms with E-state index in [-0.39, 0.29) is 22.9 Å². The molecule has 0 spiro atoms. The number of amides is 1. The van der Waals surface area contributed by atoms with Crippen LogP contribution < -0.4 is 10.6 Å². The number of pyridine rings is 1. The molecule has 0 radical (unpaired) electrons. The number of nitrogens with zero attached hydrogens (tertiary/aromatic N) is 2. The summed E-state index contributed by atoms with van der Waals surface area (Å²) in [6, 6.07) is 2.11. The zero-order valence-electron chi connectivity index (χ0n) is 18.6. The van der Waals surface area contributed by atoms with Gasteiger partial charge in [0.15, 0.2) is 5.69 Å². The first kappa shape index (κ1) is 24.1. The maximum atomic E-state index is 12.7. The highest BCUT2D eigenvalue weighted by Gasteiger charge is 2.31. The van der Waals surface area contributed by atoms with Gasteiger partial charge in [-0.05, 0) is 25.0 Å². The molecule has 0 aliphatic heterocycles. The van der Waals surface area contributed by atoms with Crippen molar-refractivity contribution in [3.8, 4) is 0 Å². The van der Waals surface area contributed by atoms with E-state index in [2.05, 4.69) is 15.6 Å². The third kappa shape index (κ3) is 5.65. The summed E-state index contributed by atoms with van der Waals surface area (Å²) < 4.78 is 49.8. The number of esters is 1. The maximum Gasteiger partial charge on any atom is 0.391 e. The number of anilines is 2. The summed E-state index contributed by atoms with van der Waals surface area (Å²) in [6.45, 7) is 5.70. The van der Waals surface area contributed by atoms with Gasteiger partial charge in [-0.25, -0.2) is 9.78 Å². The van der Waals surface area contributed by atoms with Crippen molar-refractivity contribution < 1.29 is 31.9 Å². The molecular weight excluding hydrogens is 441 g/mol. The Morgan fingerprint density at radius 2 is 2.00 bits per heavy atom. The molecule has 1 amide bonds. The number of fused-ring (bicyclic) bond motifs is 1. The Kier molecular flexibility index (Phi) is 6.99. The van der Waals surface area contributed by atoms with Crippen LogP contribution in [0.3, 0.4) is 0 Å². The maximum absolute atomic E-state index is 12.7. The predicted octanol–water partition coefficient (Wildman–Crippen LogP) is 5.08. The van der Waals surface area contributed by atoms with Gasteiger partial charge >= 0.3 is 12.1 Å². The van der Waals surface area contributed by atoms with Gasteiger partial charge in [-0.1, -0.05) is 13.8 Å². The van der Waals surface area contributed by atoms with Crippen LogP contribution in [-0.4, -0.2) is 40.8 Å². The zero-order valence-corrected chi connectivity index (χ0v) is 18.6. The number of halogens is 3. The fourth-order valence-electron chi connectivity index (χ4n) is 3.54. The van der Waals surface area contributed by atoms with Gasteiger partial charge < -0.3 is 24.4 Å². The van der Waals surface area contributed by atoms with E-state index >= 15 is 0 Å². The van der Waals surface area contributed by atoms with Crippen LogP contribution in [0, 0.1) is 5.92 Å². The van der Waals surface area contributed by atoms with Crippen molar-refractivity contribution in [3.63, 3.8) is 0 Å². The molecular formula is C22H25F3N4O4. The first-order valence-electron chi connectivity index (χ1n) is 10.3. The van der Waals surface area contributed by atoms with Crippen LogP contribution >= 0.6 is 0 Å². The summed E-state index contributed by atoms with van der Waals surface area (Å²) in [7, 11) is 1.22. The molecule has 2 N–H and O–H groups in total. The molecule has 33 heavy (non-hydrogen) atoms. The number of rotatable bonds is 8. The topological polar surface area (TPSA) is 98.4 Å². The Morgan fingerprint density at radius 3 is 2.58 bits per heavy atom. The lowest BCUT2D eigenvalue weighted by molar-refractivity contribution is -0.136. The number of methoxy groups -OCH3 is 1. The van der Waals surface area contributed by atoms with Gasteiger partial charge in [0.1, 0.15) is 11.9 Å². The van der Waals surface area contributed by atoms with Gasteiger partial charge in [-0.2, -0.15) is 13.2 Å². The molecule has 3 rings (SSSR count). The molecule has 8 nitrogen and oxygen atoms in total. The number of carbonyl (C=O) groups excluding carboxylic acids is 2. The van der Waals surface area contributed by atoms with Crippen molar-refractivity contribution in [1.82, 2.24) is 9.55 Å². The molecule has 11 heteroatoms. The Morgan fingerprint density at radius 1 is 1.27 bits per heavy atom. The normalized spacial score (nSPS) is 12.7. The standard InChI is InChI=1S/C22H25F3N4O4/c1-12(2)10-29-18(21(31)32-4)17(28-20(30)14-5-6-33-11-14)16-7-15(9-26-19(16)29)27-13(3)8-22(23,24)25/h5-7,9,11-13,27H,8,10H2,1-4H3,(H,28,30)/t13-/m0/s1. The van der Waals surface area contributed by atoms with Crippen LogP contribution in [0.5, 0.6) is 0 Å². The van der Waals surface area contributed by atoms with Crippen LogP contribution in [0.15, 0.2) is 35.3 Å². The molecule has 178 valence electrons. The Labute approximate surface area is 188 Å². The highest BCUT2D eigenvalue weighted by atomic mass is 19.4.